The molecule has 0 aromatic rings. The third-order valence-electron chi connectivity index (χ3n) is 7.82. The smallest absolute Gasteiger partial charge is 0.408 e. The molecular formula is C37H63N5O10. The van der Waals surface area contributed by atoms with E-state index in [1.54, 1.807) is 48.5 Å². The first-order valence-corrected chi connectivity index (χ1v) is 18.1. The van der Waals surface area contributed by atoms with E-state index >= 15 is 0 Å². The Kier molecular flexibility index (Phi) is 17.8. The molecule has 0 saturated heterocycles. The summed E-state index contributed by atoms with van der Waals surface area (Å²) in [6, 6.07) is -3.52. The minimum atomic E-state index is -1.28. The van der Waals surface area contributed by atoms with Crippen LogP contribution in [0, 0.1) is 11.3 Å². The van der Waals surface area contributed by atoms with Crippen LogP contribution < -0.4 is 26.6 Å². The first-order chi connectivity index (χ1) is 23.8. The van der Waals surface area contributed by atoms with Crippen LogP contribution in [0.5, 0.6) is 0 Å². The number of carboxylic acids is 1. The van der Waals surface area contributed by atoms with Crippen molar-refractivity contribution in [2.24, 2.45) is 11.3 Å². The highest BCUT2D eigenvalue weighted by atomic mass is 16.6. The summed E-state index contributed by atoms with van der Waals surface area (Å²) in [4.78, 5) is 89.0. The molecule has 52 heavy (non-hydrogen) atoms. The highest BCUT2D eigenvalue weighted by Crippen LogP contribution is 2.34. The Balaban J connectivity index is 2.98. The zero-order chi connectivity index (χ0) is 40.0. The number of carbonyl (C=O) groups excluding carboxylic acids is 6. The van der Waals surface area contributed by atoms with Gasteiger partial charge in [-0.15, -0.1) is 0 Å². The molecule has 1 saturated carbocycles. The summed E-state index contributed by atoms with van der Waals surface area (Å²) in [7, 11) is 0. The van der Waals surface area contributed by atoms with Crippen molar-refractivity contribution in [3.63, 3.8) is 0 Å². The fourth-order valence-corrected chi connectivity index (χ4v) is 5.55. The summed E-state index contributed by atoms with van der Waals surface area (Å²) >= 11 is 0. The number of carboxylic acid groups (broad SMARTS) is 1. The highest BCUT2D eigenvalue weighted by Gasteiger charge is 2.37. The van der Waals surface area contributed by atoms with Gasteiger partial charge in [0.1, 0.15) is 29.3 Å². The number of carbonyl (C=O) groups is 7. The van der Waals surface area contributed by atoms with Crippen LogP contribution in [0.2, 0.25) is 0 Å². The molecule has 296 valence electrons. The van der Waals surface area contributed by atoms with Gasteiger partial charge in [0.05, 0.1) is 5.57 Å². The quantitative estimate of drug-likeness (QED) is 0.0663. The lowest BCUT2D eigenvalue weighted by Gasteiger charge is -2.29. The third kappa shape index (κ3) is 18.4. The second kappa shape index (κ2) is 20.2. The van der Waals surface area contributed by atoms with Crippen molar-refractivity contribution in [3.8, 4) is 0 Å². The van der Waals surface area contributed by atoms with E-state index in [2.05, 4.69) is 26.6 Å². The zero-order valence-corrected chi connectivity index (χ0v) is 33.0. The predicted molar refractivity (Wildman–Crippen MR) is 195 cm³/mol. The first-order valence-electron chi connectivity index (χ1n) is 18.1. The van der Waals surface area contributed by atoms with Gasteiger partial charge in [-0.3, -0.25) is 19.2 Å². The van der Waals surface area contributed by atoms with Crippen molar-refractivity contribution in [2.75, 3.05) is 13.1 Å². The Morgan fingerprint density at radius 3 is 1.71 bits per heavy atom. The molecule has 1 aliphatic rings. The topological polar surface area (TPSA) is 218 Å². The Labute approximate surface area is 308 Å². The van der Waals surface area contributed by atoms with E-state index in [-0.39, 0.29) is 73.5 Å². The summed E-state index contributed by atoms with van der Waals surface area (Å²) in [5, 5.41) is 23.4. The lowest BCUT2D eigenvalue weighted by molar-refractivity contribution is -0.142. The fourth-order valence-electron chi connectivity index (χ4n) is 5.55. The van der Waals surface area contributed by atoms with Gasteiger partial charge in [0, 0.05) is 31.6 Å². The molecule has 4 amide bonds. The average Bonchev–Trinajstić information content (AvgIpc) is 2.94. The predicted octanol–water partition coefficient (Wildman–Crippen LogP) is 4.28. The van der Waals surface area contributed by atoms with Crippen LogP contribution in [-0.4, -0.2) is 89.1 Å². The molecule has 1 fully saturated rings. The number of ether oxygens (including phenoxy) is 2. The summed E-state index contributed by atoms with van der Waals surface area (Å²) in [6.45, 7) is 19.9. The number of allylic oxidation sites excluding steroid dienone is 2. The van der Waals surface area contributed by atoms with Gasteiger partial charge in [0.2, 0.25) is 11.8 Å². The molecule has 1 aliphatic carbocycles. The SMILES string of the molecule is CC(NCCCC[C@H](NC(=O)[C@@H](CCCNC(=O)OC(C)(C)C)NC(=O)[C@@H](CC(C)C)NC(=O)OC(C)(C)C)C(=O)O)=C1C(=O)CC(C)(C)CC1=O. The third-order valence-corrected chi connectivity index (χ3v) is 7.82. The van der Waals surface area contributed by atoms with Gasteiger partial charge >= 0.3 is 18.2 Å². The van der Waals surface area contributed by atoms with Crippen LogP contribution in [0.4, 0.5) is 9.59 Å². The molecule has 0 aliphatic heterocycles. The number of aliphatic carboxylic acids is 1. The average molecular weight is 738 g/mol. The molecule has 6 N–H and O–H groups in total. The summed E-state index contributed by atoms with van der Waals surface area (Å²) < 4.78 is 10.6. The number of ketones is 2. The molecule has 3 atom stereocenters. The normalized spacial score (nSPS) is 16.3. The van der Waals surface area contributed by atoms with E-state index in [9.17, 15) is 38.7 Å². The molecule has 0 unspecified atom stereocenters. The molecule has 0 radical (unpaired) electrons. The Morgan fingerprint density at radius 1 is 0.712 bits per heavy atom. The standard InChI is InChI=1S/C37H63N5O10/c1-22(2)19-26(42-34(50)52-36(7,8)9)31(46)40-24(16-14-18-39-33(49)51-35(4,5)6)30(45)41-25(32(47)48)15-12-13-17-38-23(3)29-27(43)20-37(10,11)21-28(29)44/h22,24-26,38H,12-21H2,1-11H3,(H,39,49)(H,40,46)(H,41,45)(H,42,50)(H,47,48)/t24-,25+,26-/m1/s1. The summed E-state index contributed by atoms with van der Waals surface area (Å²) in [6.07, 6.45) is 0.563. The maximum absolute atomic E-state index is 13.5. The Bertz CT molecular complexity index is 1300. The molecule has 15 heteroatoms. The molecule has 0 spiro atoms. The summed E-state index contributed by atoms with van der Waals surface area (Å²) in [5.74, 6) is -3.06. The van der Waals surface area contributed by atoms with Crippen LogP contribution in [-0.2, 0) is 33.4 Å². The van der Waals surface area contributed by atoms with Crippen LogP contribution in [0.25, 0.3) is 0 Å². The van der Waals surface area contributed by atoms with Gasteiger partial charge < -0.3 is 41.2 Å². The second-order valence-electron chi connectivity index (χ2n) is 16.6. The molecule has 15 nitrogen and oxygen atoms in total. The lowest BCUT2D eigenvalue weighted by atomic mass is 9.73. The number of rotatable bonds is 18. The lowest BCUT2D eigenvalue weighted by Crippen LogP contribution is -2.56. The molecular weight excluding hydrogens is 674 g/mol. The van der Waals surface area contributed by atoms with Crippen molar-refractivity contribution in [2.45, 2.75) is 157 Å². The monoisotopic (exact) mass is 737 g/mol. The Hall–Kier alpha value is -4.17. The van der Waals surface area contributed by atoms with Crippen molar-refractivity contribution >= 4 is 41.5 Å². The molecule has 0 aromatic heterocycles. The van der Waals surface area contributed by atoms with Crippen LogP contribution in [0.15, 0.2) is 11.3 Å². The van der Waals surface area contributed by atoms with E-state index in [0.717, 1.165) is 0 Å². The van der Waals surface area contributed by atoms with Gasteiger partial charge in [-0.2, -0.15) is 0 Å². The van der Waals surface area contributed by atoms with Gasteiger partial charge in [0.25, 0.3) is 0 Å². The first kappa shape index (κ1) is 45.9. The number of hydrogen-bond donors (Lipinski definition) is 6. The second-order valence-corrected chi connectivity index (χ2v) is 16.6. The van der Waals surface area contributed by atoms with E-state index in [1.165, 1.54) is 0 Å². The number of nitrogens with one attached hydrogen (secondary N) is 5. The van der Waals surface area contributed by atoms with E-state index in [0.29, 0.717) is 25.1 Å². The summed E-state index contributed by atoms with van der Waals surface area (Å²) in [5.41, 5.74) is -1.22. The maximum Gasteiger partial charge on any atom is 0.408 e. The van der Waals surface area contributed by atoms with Gasteiger partial charge in [0.15, 0.2) is 11.6 Å². The van der Waals surface area contributed by atoms with Crippen molar-refractivity contribution in [3.05, 3.63) is 11.3 Å². The van der Waals surface area contributed by atoms with Crippen LogP contribution >= 0.6 is 0 Å². The van der Waals surface area contributed by atoms with Gasteiger partial charge in [-0.05, 0) is 98.3 Å². The van der Waals surface area contributed by atoms with Crippen molar-refractivity contribution in [1.82, 2.24) is 26.6 Å². The van der Waals surface area contributed by atoms with E-state index < -0.39 is 59.3 Å². The van der Waals surface area contributed by atoms with E-state index in [1.807, 2.05) is 27.7 Å². The molecule has 0 aromatic carbocycles. The fraction of sp³-hybridized carbons (Fsp3) is 0.757. The van der Waals surface area contributed by atoms with Crippen molar-refractivity contribution in [1.29, 1.82) is 0 Å². The largest absolute Gasteiger partial charge is 0.480 e. The van der Waals surface area contributed by atoms with E-state index in [4.69, 9.17) is 9.47 Å². The van der Waals surface area contributed by atoms with Crippen LogP contribution in [0.3, 0.4) is 0 Å². The molecule has 1 rings (SSSR count). The highest BCUT2D eigenvalue weighted by molar-refractivity contribution is 6.22. The van der Waals surface area contributed by atoms with Gasteiger partial charge in [-0.1, -0.05) is 27.7 Å². The zero-order valence-electron chi connectivity index (χ0n) is 33.0. The van der Waals surface area contributed by atoms with Crippen molar-refractivity contribution < 1.29 is 48.1 Å². The number of amides is 4. The molecule has 0 bridgehead atoms. The number of alkyl carbamates (subject to hydrolysis) is 2. The van der Waals surface area contributed by atoms with Crippen LogP contribution in [0.1, 0.15) is 128 Å². The number of Topliss-reactive ketones (excluding diaryl/α,β-unsaturated/α-hetero) is 2. The maximum atomic E-state index is 13.5. The molecule has 0 heterocycles. The minimum absolute atomic E-state index is 0.0161. The number of hydrogen-bond acceptors (Lipinski definition) is 10. The Morgan fingerprint density at radius 2 is 1.19 bits per heavy atom. The minimum Gasteiger partial charge on any atom is -0.480 e. The number of unbranched alkanes of at least 4 members (excludes halogenated alkanes) is 1. The van der Waals surface area contributed by atoms with Gasteiger partial charge in [-0.25, -0.2) is 14.4 Å².